The second kappa shape index (κ2) is 5.51. The van der Waals surface area contributed by atoms with E-state index in [9.17, 15) is 5.11 Å². The number of aromatic amines is 1. The van der Waals surface area contributed by atoms with Gasteiger partial charge in [0.2, 0.25) is 0 Å². The van der Waals surface area contributed by atoms with Gasteiger partial charge in [-0.25, -0.2) is 4.99 Å². The Morgan fingerprint density at radius 1 is 1.56 bits per heavy atom. The third kappa shape index (κ3) is 2.99. The molecule has 1 unspecified atom stereocenters. The molecule has 94 valence electrons. The first-order valence-electron chi connectivity index (χ1n) is 5.89. The van der Waals surface area contributed by atoms with Crippen LogP contribution >= 0.6 is 0 Å². The molecule has 0 aliphatic carbocycles. The average molecular weight is 243 g/mol. The number of amidine groups is 1. The van der Waals surface area contributed by atoms with Gasteiger partial charge in [0.1, 0.15) is 5.84 Å². The van der Waals surface area contributed by atoms with Crippen LogP contribution < -0.4 is 5.32 Å². The van der Waals surface area contributed by atoms with E-state index in [1.54, 1.807) is 6.92 Å². The fraction of sp³-hybridized carbons (Fsp3) is 0.214. The van der Waals surface area contributed by atoms with Crippen molar-refractivity contribution in [1.82, 2.24) is 4.98 Å². The maximum atomic E-state index is 9.41. The normalized spacial score (nSPS) is 13.6. The summed E-state index contributed by atoms with van der Waals surface area (Å²) in [4.78, 5) is 7.27. The smallest absolute Gasteiger partial charge is 0.108 e. The molecule has 0 saturated carbocycles. The standard InChI is InChI=1S/C14H17N3O/c1-3-15-14(8-10(2)18)17-12-4-5-13-11(9-12)6-7-16-13/h3-7,9-10,16,18H,1,8H2,2H3,(H,15,17). The molecule has 2 rings (SSSR count). The van der Waals surface area contributed by atoms with Gasteiger partial charge >= 0.3 is 0 Å². The summed E-state index contributed by atoms with van der Waals surface area (Å²) in [5.74, 6) is 0.704. The third-order valence-corrected chi connectivity index (χ3v) is 2.58. The molecule has 0 radical (unpaired) electrons. The molecule has 1 heterocycles. The van der Waals surface area contributed by atoms with Gasteiger partial charge in [-0.15, -0.1) is 0 Å². The minimum atomic E-state index is -0.438. The number of aliphatic hydroxyl groups is 1. The third-order valence-electron chi connectivity index (χ3n) is 2.58. The zero-order valence-corrected chi connectivity index (χ0v) is 10.4. The number of hydrogen-bond acceptors (Lipinski definition) is 2. The SMILES string of the molecule is C=C/N=C(\CC(C)O)Nc1ccc2[nH]ccc2c1. The molecule has 18 heavy (non-hydrogen) atoms. The van der Waals surface area contributed by atoms with Crippen molar-refractivity contribution in [3.8, 4) is 0 Å². The number of aliphatic imine (C=N–C) groups is 1. The van der Waals surface area contributed by atoms with Crippen LogP contribution in [0.25, 0.3) is 10.9 Å². The van der Waals surface area contributed by atoms with Crippen molar-refractivity contribution >= 4 is 22.4 Å². The van der Waals surface area contributed by atoms with Crippen LogP contribution in [0, 0.1) is 0 Å². The van der Waals surface area contributed by atoms with E-state index in [1.165, 1.54) is 6.20 Å². The molecule has 1 aromatic carbocycles. The molecular weight excluding hydrogens is 226 g/mol. The Bertz CT molecular complexity index is 569. The Kier molecular flexibility index (Phi) is 3.79. The van der Waals surface area contributed by atoms with E-state index in [1.807, 2.05) is 30.5 Å². The Morgan fingerprint density at radius 3 is 3.11 bits per heavy atom. The van der Waals surface area contributed by atoms with E-state index in [0.717, 1.165) is 16.6 Å². The van der Waals surface area contributed by atoms with E-state index in [2.05, 4.69) is 21.9 Å². The number of benzene rings is 1. The second-order valence-electron chi connectivity index (χ2n) is 4.22. The van der Waals surface area contributed by atoms with Crippen LogP contribution in [0.1, 0.15) is 13.3 Å². The van der Waals surface area contributed by atoms with E-state index >= 15 is 0 Å². The lowest BCUT2D eigenvalue weighted by atomic mass is 10.2. The first kappa shape index (κ1) is 12.4. The lowest BCUT2D eigenvalue weighted by Gasteiger charge is -2.11. The molecule has 0 amide bonds. The second-order valence-corrected chi connectivity index (χ2v) is 4.22. The van der Waals surface area contributed by atoms with Crippen LogP contribution in [-0.4, -0.2) is 22.0 Å². The van der Waals surface area contributed by atoms with Gasteiger partial charge in [0.15, 0.2) is 0 Å². The van der Waals surface area contributed by atoms with Gasteiger partial charge in [-0.3, -0.25) is 0 Å². The average Bonchev–Trinajstić information content (AvgIpc) is 2.75. The topological polar surface area (TPSA) is 60.4 Å². The van der Waals surface area contributed by atoms with Crippen LogP contribution in [-0.2, 0) is 0 Å². The van der Waals surface area contributed by atoms with Crippen LogP contribution in [0.5, 0.6) is 0 Å². The van der Waals surface area contributed by atoms with Crippen molar-refractivity contribution in [2.75, 3.05) is 5.32 Å². The van der Waals surface area contributed by atoms with Crippen LogP contribution in [0.3, 0.4) is 0 Å². The van der Waals surface area contributed by atoms with Gasteiger partial charge in [0.25, 0.3) is 0 Å². The Balaban J connectivity index is 2.19. The highest BCUT2D eigenvalue weighted by molar-refractivity contribution is 5.97. The summed E-state index contributed by atoms with van der Waals surface area (Å²) in [6, 6.07) is 8.02. The van der Waals surface area contributed by atoms with Gasteiger partial charge < -0.3 is 15.4 Å². The van der Waals surface area contributed by atoms with Crippen molar-refractivity contribution in [3.05, 3.63) is 43.2 Å². The molecule has 0 bridgehead atoms. The summed E-state index contributed by atoms with van der Waals surface area (Å²) in [6.45, 7) is 5.31. The minimum Gasteiger partial charge on any atom is -0.393 e. The van der Waals surface area contributed by atoms with Gasteiger partial charge in [-0.05, 0) is 31.2 Å². The van der Waals surface area contributed by atoms with Crippen molar-refractivity contribution in [3.63, 3.8) is 0 Å². The maximum Gasteiger partial charge on any atom is 0.108 e. The predicted molar refractivity (Wildman–Crippen MR) is 75.9 cm³/mol. The molecule has 0 fully saturated rings. The van der Waals surface area contributed by atoms with Crippen LogP contribution in [0.4, 0.5) is 5.69 Å². The van der Waals surface area contributed by atoms with Gasteiger partial charge in [0, 0.05) is 35.4 Å². The zero-order valence-electron chi connectivity index (χ0n) is 10.4. The minimum absolute atomic E-state index is 0.438. The number of H-pyrrole nitrogens is 1. The number of anilines is 1. The molecular formula is C14H17N3O. The highest BCUT2D eigenvalue weighted by Gasteiger charge is 2.05. The quantitative estimate of drug-likeness (QED) is 0.571. The number of nitrogens with one attached hydrogen (secondary N) is 2. The van der Waals surface area contributed by atoms with E-state index < -0.39 is 6.10 Å². The first-order chi connectivity index (χ1) is 8.69. The van der Waals surface area contributed by atoms with Gasteiger partial charge in [-0.2, -0.15) is 0 Å². The monoisotopic (exact) mass is 243 g/mol. The maximum absolute atomic E-state index is 9.41. The van der Waals surface area contributed by atoms with Crippen molar-refractivity contribution < 1.29 is 5.11 Å². The predicted octanol–water partition coefficient (Wildman–Crippen LogP) is 2.89. The first-order valence-corrected chi connectivity index (χ1v) is 5.89. The number of fused-ring (bicyclic) bond motifs is 1. The highest BCUT2D eigenvalue weighted by Crippen LogP contribution is 2.18. The molecule has 4 nitrogen and oxygen atoms in total. The van der Waals surface area contributed by atoms with Crippen molar-refractivity contribution in [2.45, 2.75) is 19.4 Å². The molecule has 0 spiro atoms. The number of aromatic nitrogens is 1. The molecule has 4 heteroatoms. The molecule has 0 aliphatic rings. The fourth-order valence-corrected chi connectivity index (χ4v) is 1.82. The number of aliphatic hydroxyl groups excluding tert-OH is 1. The Morgan fingerprint density at radius 2 is 2.39 bits per heavy atom. The molecule has 1 atom stereocenters. The summed E-state index contributed by atoms with van der Waals surface area (Å²) >= 11 is 0. The molecule has 3 N–H and O–H groups in total. The van der Waals surface area contributed by atoms with Crippen LogP contribution in [0.15, 0.2) is 48.2 Å². The van der Waals surface area contributed by atoms with E-state index in [4.69, 9.17) is 0 Å². The number of hydrogen-bond donors (Lipinski definition) is 3. The molecule has 1 aromatic heterocycles. The number of nitrogens with zero attached hydrogens (tertiary/aromatic N) is 1. The van der Waals surface area contributed by atoms with Gasteiger partial charge in [-0.1, -0.05) is 6.58 Å². The van der Waals surface area contributed by atoms with E-state index in [0.29, 0.717) is 12.3 Å². The molecule has 0 aliphatic heterocycles. The lowest BCUT2D eigenvalue weighted by molar-refractivity contribution is 0.203. The Hall–Kier alpha value is -2.07. The number of rotatable bonds is 4. The van der Waals surface area contributed by atoms with Crippen molar-refractivity contribution in [2.24, 2.45) is 4.99 Å². The summed E-state index contributed by atoms with van der Waals surface area (Å²) in [5.41, 5.74) is 2.04. The fourth-order valence-electron chi connectivity index (χ4n) is 1.82. The summed E-state index contributed by atoms with van der Waals surface area (Å²) in [7, 11) is 0. The van der Waals surface area contributed by atoms with Crippen molar-refractivity contribution in [1.29, 1.82) is 0 Å². The summed E-state index contributed by atoms with van der Waals surface area (Å²) < 4.78 is 0. The van der Waals surface area contributed by atoms with Crippen LogP contribution in [0.2, 0.25) is 0 Å². The largest absolute Gasteiger partial charge is 0.393 e. The highest BCUT2D eigenvalue weighted by atomic mass is 16.3. The van der Waals surface area contributed by atoms with E-state index in [-0.39, 0.29) is 0 Å². The molecule has 0 saturated heterocycles. The summed E-state index contributed by atoms with van der Waals surface area (Å²) in [5, 5.41) is 13.7. The Labute approximate surface area is 106 Å². The molecule has 2 aromatic rings. The summed E-state index contributed by atoms with van der Waals surface area (Å²) in [6.07, 6.45) is 3.41. The lowest BCUT2D eigenvalue weighted by Crippen LogP contribution is -2.17. The zero-order chi connectivity index (χ0) is 13.0. The van der Waals surface area contributed by atoms with Gasteiger partial charge in [0.05, 0.1) is 6.10 Å².